The molecule has 0 saturated heterocycles. The standard InChI is InChI=1S/2C25H30N.2C19H24N.C16H22N2.C14H19N3.8CH3.5Ir.10H2/c2*1-12-11-22(17(6)14(3)13(12)2)25-24-19(8)16(5)15(4)18(7)23(24)20(9)21(10)26-25;2*1-10-9-18(15(6)12(3)11(10)2)19-16(7)13(4)14(5)17(8)20-19;1-9-8-15(12(4)11(3)10(9)2)16-17-13(5)14(6)18(16)7;1-8-7-13(11(4)10(3)9(8)2)14-15-12(5)16-17(14)6;;;;;;;;;;;;;;;;;;;;;;;/h2*1-10H3;2*1-8H3;10H,1-7H3;14H,1-6H3;8*1H3;;;;;;10*1H/q4*-1;2*-2;8*-1;;;;2*+3;;;;;;;;;;/i;;;;;;;;;;;;;;;;;;;2*1+1D;8*1+1. The van der Waals surface area contributed by atoms with Gasteiger partial charge in [0.15, 0.2) is 0 Å². The zero-order valence-corrected chi connectivity index (χ0v) is 109. The Labute approximate surface area is 943 Å². The summed E-state index contributed by atoms with van der Waals surface area (Å²) >= 11 is 0. The van der Waals surface area contributed by atoms with Crippen molar-refractivity contribution in [2.75, 3.05) is 14.1 Å². The van der Waals surface area contributed by atoms with Crippen LogP contribution in [0.2, 0.25) is 0 Å². The Morgan fingerprint density at radius 1 is 0.286 bits per heavy atom. The number of aromatic nitrogens is 4. The summed E-state index contributed by atoms with van der Waals surface area (Å²) in [5, 5.41) is 20.8. The second-order valence-corrected chi connectivity index (χ2v) is 37.8. The molecule has 0 fully saturated rings. The number of rotatable bonds is 5. The summed E-state index contributed by atoms with van der Waals surface area (Å²) in [5.41, 5.74) is 69.5. The molecule has 0 bridgehead atoms. The van der Waals surface area contributed by atoms with Gasteiger partial charge >= 0.3 is 40.2 Å². The van der Waals surface area contributed by atoms with Gasteiger partial charge in [-0.1, -0.05) is 213 Å². The molecule has 7 aromatic carbocycles. The van der Waals surface area contributed by atoms with Crippen LogP contribution < -0.4 is 0 Å². The summed E-state index contributed by atoms with van der Waals surface area (Å²) in [5.74, 6) is 2.37. The van der Waals surface area contributed by atoms with Crippen LogP contribution in [0.5, 0.6) is 0 Å². The molecule has 0 amide bonds. The molecule has 2 aliphatic heterocycles. The largest absolute Gasteiger partial charge is 3.00 e. The normalized spacial score (nSPS) is 13.6. The van der Waals surface area contributed by atoms with Crippen molar-refractivity contribution in [3.63, 3.8) is 0 Å². The molecule has 797 valence electrons. The van der Waals surface area contributed by atoms with E-state index in [-0.39, 0.29) is 178 Å². The van der Waals surface area contributed by atoms with Gasteiger partial charge in [0.05, 0.1) is 0 Å². The van der Waals surface area contributed by atoms with Crippen molar-refractivity contribution >= 4 is 27.4 Å². The van der Waals surface area contributed by atoms with Gasteiger partial charge in [0.25, 0.3) is 0 Å². The number of nitrogens with zero attached hydrogens (tertiary/aromatic N) is 9. The van der Waals surface area contributed by atoms with Crippen LogP contribution in [0.25, 0.3) is 77.2 Å². The van der Waals surface area contributed by atoms with Crippen LogP contribution in [-0.2, 0) is 101 Å². The van der Waals surface area contributed by atoms with Gasteiger partial charge in [-0.25, -0.2) is 0 Å². The second-order valence-electron chi connectivity index (χ2n) is 37.8. The van der Waals surface area contributed by atoms with Crippen molar-refractivity contribution < 1.29 is 118 Å². The van der Waals surface area contributed by atoms with Crippen LogP contribution in [0.15, 0.2) is 44.6 Å². The van der Waals surface area contributed by atoms with Crippen LogP contribution in [0, 0.1) is 379 Å². The van der Waals surface area contributed by atoms with Crippen molar-refractivity contribution in [2.24, 2.45) is 11.0 Å². The Morgan fingerprint density at radius 3 is 0.814 bits per heavy atom. The van der Waals surface area contributed by atoms with Gasteiger partial charge in [0, 0.05) is 114 Å². The molecule has 0 spiro atoms. The van der Waals surface area contributed by atoms with Crippen LogP contribution >= 0.6 is 0 Å². The molecular formula is C126H193Ir5N9-10. The van der Waals surface area contributed by atoms with Gasteiger partial charge in [-0.15, -0.1) is 152 Å². The molecule has 11 aromatic rings. The maximum absolute atomic E-state index is 5.09. The van der Waals surface area contributed by atoms with E-state index >= 15 is 0 Å². The van der Waals surface area contributed by atoms with E-state index in [1.807, 2.05) is 19.0 Å². The zero-order valence-electron chi connectivity index (χ0n) is 101. The molecule has 6 heterocycles. The number of benzene rings is 7. The van der Waals surface area contributed by atoms with Crippen LogP contribution in [0.4, 0.5) is 0 Å². The van der Waals surface area contributed by atoms with Crippen molar-refractivity contribution in [3.05, 3.63) is 375 Å². The van der Waals surface area contributed by atoms with Gasteiger partial charge in [-0.2, -0.15) is 51.4 Å². The number of amidine groups is 1. The quantitative estimate of drug-likeness (QED) is 0.159. The molecule has 14 heteroatoms. The number of fused-ring (bicyclic) bond motifs is 2. The molecule has 2 atom stereocenters. The molecule has 9 nitrogen and oxygen atoms in total. The van der Waals surface area contributed by atoms with E-state index in [0.717, 1.165) is 96.3 Å². The first-order chi connectivity index (χ1) is 60.9. The third kappa shape index (κ3) is 27.1. The molecule has 2 unspecified atom stereocenters. The topological polar surface area (TPSA) is 98.6 Å². The fraction of sp³-hybridized carbons (Fsp3) is 0.405. The first-order valence-electron chi connectivity index (χ1n) is 47.7. The number of allylic oxidation sites excluding steroid dienone is 7. The summed E-state index contributed by atoms with van der Waals surface area (Å²) < 4.78 is 20.0. The van der Waals surface area contributed by atoms with Crippen molar-refractivity contribution in [1.82, 2.24) is 29.8 Å². The minimum atomic E-state index is -0.00648. The minimum absolute atomic E-state index is 0. The summed E-state index contributed by atoms with van der Waals surface area (Å²) in [6, 6.07) is 17.9. The number of pyridine rings is 4. The fourth-order valence-electron chi connectivity index (χ4n) is 18.2. The van der Waals surface area contributed by atoms with Crippen molar-refractivity contribution in [2.45, 2.75) is 332 Å². The van der Waals surface area contributed by atoms with E-state index in [1.165, 1.54) is 244 Å². The predicted octanol–water partition coefficient (Wildman–Crippen LogP) is 37.5. The van der Waals surface area contributed by atoms with Gasteiger partial charge in [-0.3, -0.25) is 0 Å². The Morgan fingerprint density at radius 2 is 0.536 bits per heavy atom. The molecule has 14 rings (SSSR count). The molecule has 0 N–H and O–H groups in total. The SMILES string of the molecule is CC1=NN(C)C(c2[c-]c(C)c(C)c(C)c2C)[N-]1.CC1=[C-]C(=C2[N-]C(C)=C(C)N2C)C(C)=C(C)C1C.Cc1[c-]c(-c2nc(C)c(C)c(C)c2C)c(C)c(C)c1C.Cc1[c-]c(-c2nc(C)c(C)c(C)c2C)c(C)c(C)c1C.Cc1[c-]c(-c2nc(C)c(C)c3c(C)c(C)c(C)c(C)c23)c(C)c(C)c1C.Cc1[c-]c(-c2nc(C)c(C)c3c(C)c(C)c(C)c(C)c23)c(C)c(C)c1C.[2HH].[2HH].[2HH].[2HH].[2HH].[2HH].[2HH].[2HH].[2H][2H].[2H][2H].[CH3-].[CH3-].[CH3-].[CH3-].[CH3-].[CH3-].[CH3-].[CH3-].[Ir+3].[Ir+3].[Ir].[Ir].[Ir]. The molecule has 3 aliphatic rings. The first kappa shape index (κ1) is 137. The molecule has 140 heavy (non-hydrogen) atoms. The van der Waals surface area contributed by atoms with Crippen molar-refractivity contribution in [3.8, 4) is 45.0 Å². The van der Waals surface area contributed by atoms with Gasteiger partial charge in [0.1, 0.15) is 0 Å². The van der Waals surface area contributed by atoms with E-state index in [2.05, 4.69) is 377 Å². The third-order valence-corrected chi connectivity index (χ3v) is 31.4. The summed E-state index contributed by atoms with van der Waals surface area (Å²) in [4.78, 5) is 22.0. The summed E-state index contributed by atoms with van der Waals surface area (Å²) in [6.45, 7) is 102. The average Bonchev–Trinajstić information content (AvgIpc) is 0.770. The monoisotopic (exact) mass is 2810 g/mol. The molecule has 4 aromatic heterocycles. The number of hydrogen-bond donors (Lipinski definition) is 0. The van der Waals surface area contributed by atoms with E-state index in [9.17, 15) is 0 Å². The van der Waals surface area contributed by atoms with E-state index in [4.69, 9.17) is 31.2 Å². The summed E-state index contributed by atoms with van der Waals surface area (Å²) in [6.07, 6.45) is 3.53. The number of hydrogen-bond acceptors (Lipinski definition) is 7. The Hall–Kier alpha value is -7.26. The Kier molecular flexibility index (Phi) is 54.6. The molecule has 3 radical (unpaired) electrons. The van der Waals surface area contributed by atoms with E-state index in [1.54, 1.807) is 0 Å². The number of aryl methyl sites for hydroxylation is 15. The summed E-state index contributed by atoms with van der Waals surface area (Å²) in [7, 11) is 4.04. The van der Waals surface area contributed by atoms with Crippen LogP contribution in [0.3, 0.4) is 0 Å². The van der Waals surface area contributed by atoms with Gasteiger partial charge < -0.3 is 105 Å². The van der Waals surface area contributed by atoms with Crippen LogP contribution in [0.1, 0.15) is 301 Å². The van der Waals surface area contributed by atoms with E-state index in [0.29, 0.717) is 5.92 Å². The van der Waals surface area contributed by atoms with Gasteiger partial charge in [-0.05, 0) is 276 Å². The zero-order chi connectivity index (χ0) is 99.7. The maximum atomic E-state index is 5.09. The smallest absolute Gasteiger partial charge is 0.504 e. The van der Waals surface area contributed by atoms with E-state index < -0.39 is 0 Å². The molecule has 1 aliphatic carbocycles. The molecular weight excluding hydrogens is 2600 g/mol. The predicted molar refractivity (Wildman–Crippen MR) is 620 cm³/mol. The first-order valence-corrected chi connectivity index (χ1v) is 45.7. The average molecular weight is 2810 g/mol. The Bertz CT molecular complexity index is 6190. The fourth-order valence-corrected chi connectivity index (χ4v) is 18.2. The maximum Gasteiger partial charge on any atom is 3.00 e. The Balaban J connectivity index is -0.000000111. The number of hydrazone groups is 1. The van der Waals surface area contributed by atoms with Gasteiger partial charge in [0.2, 0.25) is 0 Å². The third-order valence-electron chi connectivity index (χ3n) is 31.4. The second kappa shape index (κ2) is 55.9. The minimum Gasteiger partial charge on any atom is -0.504 e. The molecule has 0 saturated carbocycles. The van der Waals surface area contributed by atoms with Crippen LogP contribution in [-0.4, -0.2) is 49.8 Å². The van der Waals surface area contributed by atoms with Crippen molar-refractivity contribution in [1.29, 1.82) is 0 Å².